The van der Waals surface area contributed by atoms with E-state index in [4.69, 9.17) is 9.47 Å². The summed E-state index contributed by atoms with van der Waals surface area (Å²) in [6.45, 7) is 0.350. The van der Waals surface area contributed by atoms with Gasteiger partial charge in [0.05, 0.1) is 7.11 Å². The minimum Gasteiger partial charge on any atom is -0.497 e. The second-order valence-electron chi connectivity index (χ2n) is 8.76. The first-order chi connectivity index (χ1) is 18.6. The lowest BCUT2D eigenvalue weighted by molar-refractivity contribution is -0.142. The van der Waals surface area contributed by atoms with Crippen molar-refractivity contribution in [3.8, 4) is 11.5 Å². The quantitative estimate of drug-likeness (QED) is 0.306. The summed E-state index contributed by atoms with van der Waals surface area (Å²) in [6, 6.07) is 29.3. The van der Waals surface area contributed by atoms with Crippen LogP contribution in [0.25, 0.3) is 0 Å². The molecule has 0 aliphatic heterocycles. The Labute approximate surface area is 223 Å². The zero-order chi connectivity index (χ0) is 26.6. The van der Waals surface area contributed by atoms with Gasteiger partial charge in [-0.05, 0) is 47.0 Å². The molecule has 194 valence electrons. The summed E-state index contributed by atoms with van der Waals surface area (Å²) < 4.78 is 11.1. The molecule has 3 aromatic carbocycles. The highest BCUT2D eigenvalue weighted by Gasteiger charge is 2.30. The van der Waals surface area contributed by atoms with Crippen molar-refractivity contribution in [3.63, 3.8) is 0 Å². The molecule has 2 amide bonds. The molecule has 1 atom stereocenters. The minimum absolute atomic E-state index is 0.193. The molecule has 0 spiro atoms. The molecular formula is C31H31N3O4. The molecule has 0 aliphatic rings. The first-order valence-corrected chi connectivity index (χ1v) is 12.4. The van der Waals surface area contributed by atoms with Crippen LogP contribution in [0.4, 0.5) is 0 Å². The maximum atomic E-state index is 13.6. The van der Waals surface area contributed by atoms with Crippen LogP contribution < -0.4 is 14.8 Å². The van der Waals surface area contributed by atoms with Crippen molar-refractivity contribution in [3.05, 3.63) is 126 Å². The van der Waals surface area contributed by atoms with Crippen LogP contribution in [-0.2, 0) is 29.1 Å². The lowest BCUT2D eigenvalue weighted by Crippen LogP contribution is -2.51. The highest BCUT2D eigenvalue weighted by atomic mass is 16.5. The molecule has 7 heteroatoms. The number of rotatable bonds is 12. The van der Waals surface area contributed by atoms with Gasteiger partial charge in [-0.15, -0.1) is 0 Å². The van der Waals surface area contributed by atoms with E-state index in [9.17, 15) is 9.59 Å². The molecule has 7 nitrogen and oxygen atoms in total. The summed E-state index contributed by atoms with van der Waals surface area (Å²) in [5, 5.41) is 3.00. The van der Waals surface area contributed by atoms with Gasteiger partial charge in [-0.2, -0.15) is 0 Å². The Morgan fingerprint density at radius 3 is 2.16 bits per heavy atom. The first-order valence-electron chi connectivity index (χ1n) is 12.4. The molecular weight excluding hydrogens is 478 g/mol. The summed E-state index contributed by atoms with van der Waals surface area (Å²) in [4.78, 5) is 33.0. The van der Waals surface area contributed by atoms with Crippen LogP contribution >= 0.6 is 0 Å². The number of para-hydroxylation sites is 1. The summed E-state index contributed by atoms with van der Waals surface area (Å²) in [5.41, 5.74) is 2.70. The Balaban J connectivity index is 1.60. The minimum atomic E-state index is -0.761. The van der Waals surface area contributed by atoms with Gasteiger partial charge in [-0.3, -0.25) is 14.6 Å². The normalized spacial score (nSPS) is 11.3. The van der Waals surface area contributed by atoms with Gasteiger partial charge in [-0.25, -0.2) is 0 Å². The van der Waals surface area contributed by atoms with E-state index in [2.05, 4.69) is 10.3 Å². The topological polar surface area (TPSA) is 80.8 Å². The van der Waals surface area contributed by atoms with Crippen molar-refractivity contribution in [1.82, 2.24) is 15.2 Å². The molecule has 38 heavy (non-hydrogen) atoms. The highest BCUT2D eigenvalue weighted by molar-refractivity contribution is 5.88. The number of benzene rings is 3. The van der Waals surface area contributed by atoms with Crippen LogP contribution in [0, 0.1) is 0 Å². The number of carbonyl (C=O) groups excluding carboxylic acids is 2. The van der Waals surface area contributed by atoms with Crippen LogP contribution in [-0.4, -0.2) is 41.5 Å². The summed E-state index contributed by atoms with van der Waals surface area (Å²) >= 11 is 0. The van der Waals surface area contributed by atoms with Crippen LogP contribution in [0.5, 0.6) is 11.5 Å². The molecule has 0 aliphatic carbocycles. The average molecular weight is 510 g/mol. The Hall–Kier alpha value is -4.65. The van der Waals surface area contributed by atoms with E-state index >= 15 is 0 Å². The molecule has 0 radical (unpaired) electrons. The van der Waals surface area contributed by atoms with E-state index < -0.39 is 6.04 Å². The van der Waals surface area contributed by atoms with Crippen LogP contribution in [0.15, 0.2) is 109 Å². The van der Waals surface area contributed by atoms with Crippen molar-refractivity contribution in [1.29, 1.82) is 0 Å². The predicted molar refractivity (Wildman–Crippen MR) is 145 cm³/mol. The van der Waals surface area contributed by atoms with Crippen LogP contribution in [0.2, 0.25) is 0 Å². The Morgan fingerprint density at radius 2 is 1.50 bits per heavy atom. The van der Waals surface area contributed by atoms with E-state index in [1.54, 1.807) is 36.5 Å². The molecule has 0 fully saturated rings. The molecule has 0 saturated heterocycles. The number of pyridine rings is 1. The Bertz CT molecular complexity index is 1280. The first kappa shape index (κ1) is 26.4. The zero-order valence-electron chi connectivity index (χ0n) is 21.3. The predicted octanol–water partition coefficient (Wildman–Crippen LogP) is 4.43. The molecule has 4 aromatic rings. The lowest BCUT2D eigenvalue weighted by Gasteiger charge is -2.31. The third kappa shape index (κ3) is 7.67. The number of nitrogens with one attached hydrogen (secondary N) is 1. The number of amides is 2. The summed E-state index contributed by atoms with van der Waals surface area (Å²) in [6.07, 6.45) is 3.75. The van der Waals surface area contributed by atoms with Crippen LogP contribution in [0.3, 0.4) is 0 Å². The van der Waals surface area contributed by atoms with Crippen molar-refractivity contribution in [2.24, 2.45) is 0 Å². The van der Waals surface area contributed by atoms with Gasteiger partial charge in [0.1, 0.15) is 17.5 Å². The molecule has 1 heterocycles. The molecule has 0 saturated carbocycles. The number of carbonyl (C=O) groups is 2. The summed E-state index contributed by atoms with van der Waals surface area (Å²) in [7, 11) is 1.61. The van der Waals surface area contributed by atoms with Crippen LogP contribution in [0.1, 0.15) is 16.7 Å². The highest BCUT2D eigenvalue weighted by Crippen LogP contribution is 2.18. The van der Waals surface area contributed by atoms with E-state index in [1.165, 1.54) is 0 Å². The fraction of sp³-hybridized carbons (Fsp3) is 0.194. The number of hydrogen-bond acceptors (Lipinski definition) is 5. The van der Waals surface area contributed by atoms with Gasteiger partial charge < -0.3 is 19.7 Å². The van der Waals surface area contributed by atoms with Gasteiger partial charge in [0.25, 0.3) is 5.91 Å². The van der Waals surface area contributed by atoms with E-state index in [1.807, 2.05) is 84.9 Å². The Morgan fingerprint density at radius 1 is 0.816 bits per heavy atom. The van der Waals surface area contributed by atoms with Gasteiger partial charge in [0.15, 0.2) is 6.61 Å². The van der Waals surface area contributed by atoms with Crippen molar-refractivity contribution in [2.45, 2.75) is 25.6 Å². The summed E-state index contributed by atoms with van der Waals surface area (Å²) in [5.74, 6) is 0.765. The third-order valence-electron chi connectivity index (χ3n) is 6.08. The van der Waals surface area contributed by atoms with Crippen molar-refractivity contribution < 1.29 is 19.1 Å². The second-order valence-corrected chi connectivity index (χ2v) is 8.76. The smallest absolute Gasteiger partial charge is 0.261 e. The third-order valence-corrected chi connectivity index (χ3v) is 6.08. The Kier molecular flexibility index (Phi) is 9.45. The van der Waals surface area contributed by atoms with Gasteiger partial charge >= 0.3 is 0 Å². The van der Waals surface area contributed by atoms with E-state index in [-0.39, 0.29) is 25.0 Å². The number of methoxy groups -OCH3 is 1. The maximum absolute atomic E-state index is 13.6. The number of nitrogens with zero attached hydrogens (tertiary/aromatic N) is 2. The second kappa shape index (κ2) is 13.6. The number of ether oxygens (including phenoxy) is 2. The fourth-order valence-corrected chi connectivity index (χ4v) is 4.04. The van der Waals surface area contributed by atoms with E-state index in [0.717, 1.165) is 16.7 Å². The number of hydrogen-bond donors (Lipinski definition) is 1. The molecule has 1 aromatic heterocycles. The van der Waals surface area contributed by atoms with Gasteiger partial charge in [-0.1, -0.05) is 66.7 Å². The maximum Gasteiger partial charge on any atom is 0.261 e. The number of aromatic nitrogens is 1. The van der Waals surface area contributed by atoms with Gasteiger partial charge in [0.2, 0.25) is 5.91 Å². The zero-order valence-corrected chi connectivity index (χ0v) is 21.3. The lowest BCUT2D eigenvalue weighted by atomic mass is 10.0. The monoisotopic (exact) mass is 509 g/mol. The van der Waals surface area contributed by atoms with E-state index in [0.29, 0.717) is 24.5 Å². The van der Waals surface area contributed by atoms with Gasteiger partial charge in [0, 0.05) is 31.9 Å². The molecule has 4 rings (SSSR count). The average Bonchev–Trinajstić information content (AvgIpc) is 2.98. The molecule has 0 bridgehead atoms. The van der Waals surface area contributed by atoms with Crippen molar-refractivity contribution in [2.75, 3.05) is 13.7 Å². The fourth-order valence-electron chi connectivity index (χ4n) is 4.04. The standard InChI is InChI=1S/C31H31N3O4/c1-37-27-16-14-25(15-17-27)22-34(30(35)23-38-28-12-6-3-7-13-28)29(19-24-9-4-2-5-10-24)31(36)33-21-26-11-8-18-32-20-26/h2-18,20,29H,19,21-23H2,1H3,(H,33,36). The SMILES string of the molecule is COc1ccc(CN(C(=O)COc2ccccc2)C(Cc2ccccc2)C(=O)NCc2cccnc2)cc1. The largest absolute Gasteiger partial charge is 0.497 e. The molecule has 1 N–H and O–H groups in total. The molecule has 1 unspecified atom stereocenters. The van der Waals surface area contributed by atoms with Crippen molar-refractivity contribution >= 4 is 11.8 Å².